The second-order valence-corrected chi connectivity index (χ2v) is 7.15. The van der Waals surface area contributed by atoms with Crippen LogP contribution in [0.2, 0.25) is 0 Å². The number of fused-ring (bicyclic) bond motifs is 4. The topological polar surface area (TPSA) is 85.5 Å². The molecule has 0 spiro atoms. The first-order valence-electron chi connectivity index (χ1n) is 9.69. The minimum atomic E-state index is -0.432. The van der Waals surface area contributed by atoms with E-state index in [1.165, 1.54) is 0 Å². The van der Waals surface area contributed by atoms with Gasteiger partial charge in [-0.2, -0.15) is 5.10 Å². The molecule has 3 heterocycles. The number of rotatable bonds is 1. The summed E-state index contributed by atoms with van der Waals surface area (Å²) < 4.78 is 16.7. The zero-order valence-corrected chi connectivity index (χ0v) is 15.9. The monoisotopic (exact) mass is 391 g/mol. The Kier molecular flexibility index (Phi) is 4.65. The molecule has 0 saturated heterocycles. The summed E-state index contributed by atoms with van der Waals surface area (Å²) in [6.07, 6.45) is 2.34. The molecule has 1 amide bonds. The quantitative estimate of drug-likeness (QED) is 0.661. The van der Waals surface area contributed by atoms with Crippen molar-refractivity contribution >= 4 is 22.6 Å². The average molecular weight is 391 g/mol. The minimum absolute atomic E-state index is 0.185. The van der Waals surface area contributed by atoms with Gasteiger partial charge in [0.2, 0.25) is 0 Å². The maximum absolute atomic E-state index is 12.0. The number of hydrogen-bond acceptors (Lipinski definition) is 5. The van der Waals surface area contributed by atoms with Gasteiger partial charge in [0.1, 0.15) is 18.1 Å². The molecule has 0 atom stereocenters. The Morgan fingerprint density at radius 1 is 1.00 bits per heavy atom. The number of amides is 1. The normalized spacial score (nSPS) is 17.1. The van der Waals surface area contributed by atoms with Gasteiger partial charge in [-0.1, -0.05) is 6.08 Å². The van der Waals surface area contributed by atoms with Crippen molar-refractivity contribution in [2.24, 2.45) is 0 Å². The third kappa shape index (κ3) is 3.69. The van der Waals surface area contributed by atoms with Crippen LogP contribution in [0.15, 0.2) is 42.5 Å². The van der Waals surface area contributed by atoms with Crippen molar-refractivity contribution in [2.75, 3.05) is 26.4 Å². The van der Waals surface area contributed by atoms with Crippen molar-refractivity contribution < 1.29 is 19.0 Å². The van der Waals surface area contributed by atoms with Crippen LogP contribution in [0.1, 0.15) is 17.5 Å². The summed E-state index contributed by atoms with van der Waals surface area (Å²) >= 11 is 0. The number of nitrogens with zero attached hydrogens (tertiary/aromatic N) is 1. The Bertz CT molecular complexity index is 1100. The molecule has 148 valence electrons. The van der Waals surface area contributed by atoms with Gasteiger partial charge in [-0.3, -0.25) is 5.10 Å². The average Bonchev–Trinajstić information content (AvgIpc) is 3.41. The Morgan fingerprint density at radius 2 is 1.93 bits per heavy atom. The van der Waals surface area contributed by atoms with E-state index in [9.17, 15) is 4.79 Å². The molecule has 0 fully saturated rings. The fourth-order valence-corrected chi connectivity index (χ4v) is 3.64. The summed E-state index contributed by atoms with van der Waals surface area (Å²) in [4.78, 5) is 12.0. The first-order chi connectivity index (χ1) is 14.3. The van der Waals surface area contributed by atoms with E-state index in [4.69, 9.17) is 14.2 Å². The number of carbonyl (C=O) groups excluding carboxylic acids is 1. The number of benzene rings is 2. The van der Waals surface area contributed by atoms with Crippen LogP contribution in [0.25, 0.3) is 27.7 Å². The predicted molar refractivity (Wildman–Crippen MR) is 109 cm³/mol. The van der Waals surface area contributed by atoms with Crippen molar-refractivity contribution in [1.29, 1.82) is 0 Å². The molecule has 0 saturated carbocycles. The van der Waals surface area contributed by atoms with Crippen LogP contribution in [0.5, 0.6) is 5.75 Å². The van der Waals surface area contributed by atoms with Crippen molar-refractivity contribution in [3.8, 4) is 17.0 Å². The van der Waals surface area contributed by atoms with E-state index in [0.29, 0.717) is 32.8 Å². The van der Waals surface area contributed by atoms with Crippen LogP contribution < -0.4 is 10.1 Å². The van der Waals surface area contributed by atoms with Crippen molar-refractivity contribution in [3.05, 3.63) is 53.6 Å². The molecule has 5 rings (SSSR count). The Labute approximate surface area is 167 Å². The number of H-pyrrole nitrogens is 1. The summed E-state index contributed by atoms with van der Waals surface area (Å²) in [5.41, 5.74) is 5.81. The third-order valence-electron chi connectivity index (χ3n) is 5.11. The Morgan fingerprint density at radius 3 is 2.83 bits per heavy atom. The fraction of sp³-hybridized carbons (Fsp3) is 0.273. The molecular formula is C22H21N3O4. The maximum atomic E-state index is 12.0. The van der Waals surface area contributed by atoms with E-state index in [-0.39, 0.29) is 6.61 Å². The van der Waals surface area contributed by atoms with E-state index in [0.717, 1.165) is 44.6 Å². The van der Waals surface area contributed by atoms with E-state index in [1.54, 1.807) is 0 Å². The SMILES string of the molecule is O=C1NCCCOc2ccc3[nH]nc(c3c2)-c2cc(cc(C3=CCOC3)c2)CO1. The lowest BCUT2D eigenvalue weighted by atomic mass is 9.98. The van der Waals surface area contributed by atoms with Crippen LogP contribution in [0.3, 0.4) is 0 Å². The highest BCUT2D eigenvalue weighted by Gasteiger charge is 2.16. The third-order valence-corrected chi connectivity index (χ3v) is 5.11. The first kappa shape index (κ1) is 17.8. The second-order valence-electron chi connectivity index (χ2n) is 7.15. The molecule has 4 bridgehead atoms. The van der Waals surface area contributed by atoms with Crippen LogP contribution in [-0.2, 0) is 16.1 Å². The second kappa shape index (κ2) is 7.60. The zero-order chi connectivity index (χ0) is 19.6. The lowest BCUT2D eigenvalue weighted by Crippen LogP contribution is -2.26. The molecule has 29 heavy (non-hydrogen) atoms. The number of nitrogens with one attached hydrogen (secondary N) is 2. The van der Waals surface area contributed by atoms with Gasteiger partial charge < -0.3 is 19.5 Å². The molecule has 2 aliphatic heterocycles. The standard InChI is InChI=1S/C22H21N3O4/c26-22-23-5-1-6-28-18-2-3-20-19(11-18)21(25-24-20)17-9-14(12-29-22)8-16(10-17)15-4-7-27-13-15/h2-4,8-11H,1,5-7,12-13H2,(H,23,26)(H,24,25). The lowest BCUT2D eigenvalue weighted by molar-refractivity contribution is 0.139. The van der Waals surface area contributed by atoms with Gasteiger partial charge in [-0.05, 0) is 59.5 Å². The van der Waals surface area contributed by atoms with Crippen LogP contribution in [0, 0.1) is 0 Å². The summed E-state index contributed by atoms with van der Waals surface area (Å²) in [7, 11) is 0. The Hall–Kier alpha value is -3.32. The van der Waals surface area contributed by atoms with Gasteiger partial charge in [-0.25, -0.2) is 4.79 Å². The number of carbonyl (C=O) groups is 1. The first-order valence-corrected chi connectivity index (χ1v) is 9.69. The smallest absolute Gasteiger partial charge is 0.407 e. The van der Waals surface area contributed by atoms with Crippen LogP contribution >= 0.6 is 0 Å². The van der Waals surface area contributed by atoms with E-state index < -0.39 is 6.09 Å². The number of aromatic nitrogens is 2. The number of hydrogen-bond donors (Lipinski definition) is 2. The van der Waals surface area contributed by atoms with Gasteiger partial charge in [-0.15, -0.1) is 0 Å². The highest BCUT2D eigenvalue weighted by Crippen LogP contribution is 2.33. The van der Waals surface area contributed by atoms with E-state index in [1.807, 2.05) is 30.3 Å². The van der Waals surface area contributed by atoms with Crippen LogP contribution in [0.4, 0.5) is 4.79 Å². The molecule has 2 N–H and O–H groups in total. The molecule has 0 aliphatic carbocycles. The highest BCUT2D eigenvalue weighted by atomic mass is 16.5. The van der Waals surface area contributed by atoms with Gasteiger partial charge in [0.25, 0.3) is 0 Å². The number of ether oxygens (including phenoxy) is 3. The summed E-state index contributed by atoms with van der Waals surface area (Å²) in [5, 5.41) is 11.4. The number of cyclic esters (lactones) is 1. The minimum Gasteiger partial charge on any atom is -0.494 e. The zero-order valence-electron chi connectivity index (χ0n) is 15.9. The summed E-state index contributed by atoms with van der Waals surface area (Å²) in [6.45, 7) is 2.37. The molecule has 7 heteroatoms. The number of aromatic amines is 1. The molecular weight excluding hydrogens is 370 g/mol. The molecule has 2 aliphatic rings. The number of alkyl carbamates (subject to hydrolysis) is 1. The molecule has 0 unspecified atom stereocenters. The van der Waals surface area contributed by atoms with E-state index in [2.05, 4.69) is 27.7 Å². The predicted octanol–water partition coefficient (Wildman–Crippen LogP) is 3.65. The summed E-state index contributed by atoms with van der Waals surface area (Å²) in [5.74, 6) is 0.779. The van der Waals surface area contributed by atoms with Gasteiger partial charge in [0, 0.05) is 17.5 Å². The summed E-state index contributed by atoms with van der Waals surface area (Å²) in [6, 6.07) is 12.1. The largest absolute Gasteiger partial charge is 0.494 e. The Balaban J connectivity index is 1.63. The fourth-order valence-electron chi connectivity index (χ4n) is 3.64. The van der Waals surface area contributed by atoms with Gasteiger partial charge in [0.15, 0.2) is 0 Å². The van der Waals surface area contributed by atoms with Gasteiger partial charge in [0.05, 0.1) is 25.3 Å². The highest BCUT2D eigenvalue weighted by molar-refractivity contribution is 5.94. The lowest BCUT2D eigenvalue weighted by Gasteiger charge is -2.11. The molecule has 1 aromatic heterocycles. The van der Waals surface area contributed by atoms with Gasteiger partial charge >= 0.3 is 6.09 Å². The molecule has 7 nitrogen and oxygen atoms in total. The molecule has 3 aromatic rings. The van der Waals surface area contributed by atoms with Crippen molar-refractivity contribution in [2.45, 2.75) is 13.0 Å². The van der Waals surface area contributed by atoms with E-state index >= 15 is 0 Å². The van der Waals surface area contributed by atoms with Crippen molar-refractivity contribution in [1.82, 2.24) is 15.5 Å². The molecule has 2 aromatic carbocycles. The van der Waals surface area contributed by atoms with Crippen molar-refractivity contribution in [3.63, 3.8) is 0 Å². The molecule has 0 radical (unpaired) electrons. The maximum Gasteiger partial charge on any atom is 0.407 e. The van der Waals surface area contributed by atoms with Crippen LogP contribution in [-0.4, -0.2) is 42.7 Å².